The lowest BCUT2D eigenvalue weighted by molar-refractivity contribution is 0.140. The van der Waals surface area contributed by atoms with Crippen LogP contribution in [0.1, 0.15) is 24.0 Å². The van der Waals surface area contributed by atoms with Gasteiger partial charge in [0.15, 0.2) is 0 Å². The van der Waals surface area contributed by atoms with Crippen molar-refractivity contribution in [2.45, 2.75) is 25.8 Å². The van der Waals surface area contributed by atoms with E-state index in [0.29, 0.717) is 12.4 Å². The summed E-state index contributed by atoms with van der Waals surface area (Å²) in [6, 6.07) is 14.4. The number of piperazine rings is 1. The van der Waals surface area contributed by atoms with E-state index in [1.165, 1.54) is 18.4 Å². The number of pyridine rings is 1. The molecule has 6 nitrogen and oxygen atoms in total. The van der Waals surface area contributed by atoms with Gasteiger partial charge in [-0.1, -0.05) is 36.4 Å². The van der Waals surface area contributed by atoms with E-state index in [1.54, 1.807) is 6.20 Å². The van der Waals surface area contributed by atoms with Gasteiger partial charge in [-0.15, -0.1) is 0 Å². The van der Waals surface area contributed by atoms with Gasteiger partial charge in [-0.05, 0) is 36.3 Å². The molecule has 1 aliphatic heterocycles. The Morgan fingerprint density at radius 2 is 1.83 bits per heavy atom. The molecule has 0 spiro atoms. The number of carbonyl (C=O) groups excluding carboxylic acids is 1. The average molecular weight is 395 g/mol. The van der Waals surface area contributed by atoms with Crippen LogP contribution in [0.2, 0.25) is 0 Å². The highest BCUT2D eigenvalue weighted by Crippen LogP contribution is 2.29. The number of hydrogen-bond acceptors (Lipinski definition) is 4. The number of carbonyl (C=O) groups is 1. The zero-order valence-electron chi connectivity index (χ0n) is 16.9. The monoisotopic (exact) mass is 394 g/mol. The molecule has 29 heavy (non-hydrogen) atoms. The fraction of sp³-hybridized carbons (Fsp3) is 0.478. The number of nitrogens with one attached hydrogen (secondary N) is 1. The zero-order valence-corrected chi connectivity index (χ0v) is 16.9. The van der Waals surface area contributed by atoms with Crippen LogP contribution in [-0.4, -0.2) is 60.1 Å². The van der Waals surface area contributed by atoms with Gasteiger partial charge in [-0.2, -0.15) is 0 Å². The van der Waals surface area contributed by atoms with Gasteiger partial charge in [0.05, 0.1) is 6.61 Å². The van der Waals surface area contributed by atoms with E-state index in [1.807, 2.05) is 23.1 Å². The van der Waals surface area contributed by atoms with E-state index in [0.717, 1.165) is 57.2 Å². The highest BCUT2D eigenvalue weighted by atomic mass is 16.5. The van der Waals surface area contributed by atoms with Gasteiger partial charge in [0.25, 0.3) is 0 Å². The molecule has 6 heteroatoms. The summed E-state index contributed by atoms with van der Waals surface area (Å²) in [5.41, 5.74) is 2.35. The summed E-state index contributed by atoms with van der Waals surface area (Å²) in [7, 11) is 0. The lowest BCUT2D eigenvalue weighted by atomic mass is 10.1. The third-order valence-corrected chi connectivity index (χ3v) is 5.62. The molecule has 0 unspecified atom stereocenters. The van der Waals surface area contributed by atoms with Crippen LogP contribution >= 0.6 is 0 Å². The van der Waals surface area contributed by atoms with Gasteiger partial charge in [0.1, 0.15) is 0 Å². The Balaban J connectivity index is 1.14. The fourth-order valence-corrected chi connectivity index (χ4v) is 3.48. The molecule has 0 bridgehead atoms. The molecule has 2 aromatic rings. The second-order valence-corrected chi connectivity index (χ2v) is 7.98. The first-order chi connectivity index (χ1) is 14.3. The highest BCUT2D eigenvalue weighted by molar-refractivity contribution is 5.74. The summed E-state index contributed by atoms with van der Waals surface area (Å²) >= 11 is 0. The molecule has 4 rings (SSSR count). The largest absolute Gasteiger partial charge is 0.477 e. The second-order valence-electron chi connectivity index (χ2n) is 7.98. The quantitative estimate of drug-likeness (QED) is 0.748. The Bertz CT molecular complexity index is 769. The molecule has 0 atom stereocenters. The topological polar surface area (TPSA) is 57.7 Å². The van der Waals surface area contributed by atoms with E-state index in [2.05, 4.69) is 39.5 Å². The van der Waals surface area contributed by atoms with Crippen molar-refractivity contribution in [3.05, 3.63) is 59.8 Å². The van der Waals surface area contributed by atoms with E-state index in [-0.39, 0.29) is 6.03 Å². The Kier molecular flexibility index (Phi) is 6.62. The van der Waals surface area contributed by atoms with E-state index in [4.69, 9.17) is 4.74 Å². The summed E-state index contributed by atoms with van der Waals surface area (Å²) in [5, 5.41) is 3.01. The minimum absolute atomic E-state index is 0.00164. The molecule has 2 fully saturated rings. The molecular formula is C23H30N4O2. The third-order valence-electron chi connectivity index (χ3n) is 5.62. The van der Waals surface area contributed by atoms with Crippen LogP contribution in [0.3, 0.4) is 0 Å². The number of benzene rings is 1. The van der Waals surface area contributed by atoms with Crippen molar-refractivity contribution in [2.24, 2.45) is 5.92 Å². The predicted molar refractivity (Wildman–Crippen MR) is 113 cm³/mol. The maximum Gasteiger partial charge on any atom is 0.317 e. The van der Waals surface area contributed by atoms with Gasteiger partial charge >= 0.3 is 6.03 Å². The van der Waals surface area contributed by atoms with Crippen molar-refractivity contribution in [3.63, 3.8) is 0 Å². The molecule has 2 amide bonds. The minimum Gasteiger partial charge on any atom is -0.477 e. The summed E-state index contributed by atoms with van der Waals surface area (Å²) in [6.07, 6.45) is 5.38. The van der Waals surface area contributed by atoms with E-state index < -0.39 is 0 Å². The number of rotatable bonds is 8. The first kappa shape index (κ1) is 19.7. The van der Waals surface area contributed by atoms with Gasteiger partial charge in [-0.25, -0.2) is 9.78 Å². The zero-order chi connectivity index (χ0) is 19.9. The number of urea groups is 1. The molecule has 1 saturated heterocycles. The second kappa shape index (κ2) is 9.74. The van der Waals surface area contributed by atoms with Gasteiger partial charge < -0.3 is 15.0 Å². The lowest BCUT2D eigenvalue weighted by Crippen LogP contribution is -2.51. The standard InChI is InChI=1S/C23H30N4O2/c28-23(25-17-21-8-9-22(24-16-21)29-18-20-6-7-20)27-14-12-26(13-15-27)11-10-19-4-2-1-3-5-19/h1-5,8-9,16,20H,6-7,10-15,17-18H2,(H,25,28). The van der Waals surface area contributed by atoms with Crippen LogP contribution < -0.4 is 10.1 Å². The Hall–Kier alpha value is -2.60. The molecule has 154 valence electrons. The van der Waals surface area contributed by atoms with Crippen LogP contribution in [0.4, 0.5) is 4.79 Å². The molecule has 2 heterocycles. The number of aromatic nitrogens is 1. The first-order valence-corrected chi connectivity index (χ1v) is 10.6. The summed E-state index contributed by atoms with van der Waals surface area (Å²) in [4.78, 5) is 21.1. The number of ether oxygens (including phenoxy) is 1. The average Bonchev–Trinajstić information content (AvgIpc) is 3.61. The van der Waals surface area contributed by atoms with E-state index in [9.17, 15) is 4.79 Å². The summed E-state index contributed by atoms with van der Waals surface area (Å²) in [5.74, 6) is 1.38. The van der Waals surface area contributed by atoms with Gasteiger partial charge in [-0.3, -0.25) is 4.90 Å². The van der Waals surface area contributed by atoms with Crippen LogP contribution in [0.5, 0.6) is 5.88 Å². The Labute approximate surface area is 172 Å². The third kappa shape index (κ3) is 6.19. The van der Waals surface area contributed by atoms with Crippen molar-refractivity contribution in [1.29, 1.82) is 0 Å². The van der Waals surface area contributed by atoms with Crippen LogP contribution in [0.25, 0.3) is 0 Å². The Morgan fingerprint density at radius 3 is 2.52 bits per heavy atom. The maximum absolute atomic E-state index is 12.5. The summed E-state index contributed by atoms with van der Waals surface area (Å²) < 4.78 is 5.65. The predicted octanol–water partition coefficient (Wildman–Crippen LogP) is 2.94. The molecule has 1 N–H and O–H groups in total. The molecule has 1 aromatic carbocycles. The number of hydrogen-bond donors (Lipinski definition) is 1. The van der Waals surface area contributed by atoms with Crippen molar-refractivity contribution >= 4 is 6.03 Å². The normalized spacial score (nSPS) is 17.2. The first-order valence-electron chi connectivity index (χ1n) is 10.6. The maximum atomic E-state index is 12.5. The number of nitrogens with zero attached hydrogens (tertiary/aromatic N) is 3. The van der Waals surface area contributed by atoms with Crippen molar-refractivity contribution in [1.82, 2.24) is 20.1 Å². The van der Waals surface area contributed by atoms with Crippen LogP contribution in [-0.2, 0) is 13.0 Å². The summed E-state index contributed by atoms with van der Waals surface area (Å²) in [6.45, 7) is 5.69. The SMILES string of the molecule is O=C(NCc1ccc(OCC2CC2)nc1)N1CCN(CCc2ccccc2)CC1. The molecular weight excluding hydrogens is 364 g/mol. The lowest BCUT2D eigenvalue weighted by Gasteiger charge is -2.34. The Morgan fingerprint density at radius 1 is 1.03 bits per heavy atom. The molecule has 2 aliphatic rings. The fourth-order valence-electron chi connectivity index (χ4n) is 3.48. The van der Waals surface area contributed by atoms with Crippen LogP contribution in [0, 0.1) is 5.92 Å². The number of amides is 2. The smallest absolute Gasteiger partial charge is 0.317 e. The van der Waals surface area contributed by atoms with Crippen LogP contribution in [0.15, 0.2) is 48.7 Å². The van der Waals surface area contributed by atoms with Gasteiger partial charge in [0.2, 0.25) is 5.88 Å². The molecule has 1 aromatic heterocycles. The van der Waals surface area contributed by atoms with E-state index >= 15 is 0 Å². The van der Waals surface area contributed by atoms with Crippen molar-refractivity contribution in [2.75, 3.05) is 39.3 Å². The molecule has 0 radical (unpaired) electrons. The highest BCUT2D eigenvalue weighted by Gasteiger charge is 2.22. The van der Waals surface area contributed by atoms with Gasteiger partial charge in [0, 0.05) is 51.5 Å². The van der Waals surface area contributed by atoms with Crippen molar-refractivity contribution in [3.8, 4) is 5.88 Å². The van der Waals surface area contributed by atoms with Crippen molar-refractivity contribution < 1.29 is 9.53 Å². The minimum atomic E-state index is 0.00164. The molecule has 1 aliphatic carbocycles. The molecule has 1 saturated carbocycles.